The van der Waals surface area contributed by atoms with Gasteiger partial charge < -0.3 is 9.64 Å². The summed E-state index contributed by atoms with van der Waals surface area (Å²) in [4.78, 5) is 28.2. The maximum Gasteiger partial charge on any atom is 0.306 e. The number of piperazine rings is 1. The summed E-state index contributed by atoms with van der Waals surface area (Å²) in [6.45, 7) is 2.35. The number of ether oxygens (including phenoxy) is 1. The molecule has 1 fully saturated rings. The second-order valence-corrected chi connectivity index (χ2v) is 10.0. The molecule has 1 saturated heterocycles. The normalized spacial score (nSPS) is 14.9. The van der Waals surface area contributed by atoms with E-state index in [0.29, 0.717) is 26.2 Å². The highest BCUT2D eigenvalue weighted by Gasteiger charge is 2.29. The van der Waals surface area contributed by atoms with E-state index in [1.165, 1.54) is 11.4 Å². The van der Waals surface area contributed by atoms with Crippen molar-refractivity contribution in [2.24, 2.45) is 0 Å². The second kappa shape index (κ2) is 11.9. The minimum Gasteiger partial charge on any atom is -0.469 e. The van der Waals surface area contributed by atoms with Gasteiger partial charge in [-0.25, -0.2) is 8.42 Å². The van der Waals surface area contributed by atoms with Gasteiger partial charge in [0.05, 0.1) is 25.8 Å². The average molecular weight is 474 g/mol. The van der Waals surface area contributed by atoms with Crippen molar-refractivity contribution in [1.29, 1.82) is 0 Å². The summed E-state index contributed by atoms with van der Waals surface area (Å²) in [5.74, 6) is -0.436. The highest BCUT2D eigenvalue weighted by atomic mass is 32.2. The SMILES string of the molecule is COC(=O)CCN(CC(=O)N1CCN(S(=O)(=O)Cc2ccccc2)CC1)Cc1ccccc1. The molecule has 178 valence electrons. The molecule has 1 aliphatic heterocycles. The van der Waals surface area contributed by atoms with Crippen molar-refractivity contribution >= 4 is 21.9 Å². The minimum absolute atomic E-state index is 0.0415. The summed E-state index contributed by atoms with van der Waals surface area (Å²) in [6.07, 6.45) is 0.197. The predicted octanol–water partition coefficient (Wildman–Crippen LogP) is 1.73. The third kappa shape index (κ3) is 7.66. The van der Waals surface area contributed by atoms with Crippen molar-refractivity contribution in [2.45, 2.75) is 18.7 Å². The van der Waals surface area contributed by atoms with Crippen molar-refractivity contribution < 1.29 is 22.7 Å². The van der Waals surface area contributed by atoms with Gasteiger partial charge >= 0.3 is 5.97 Å². The molecule has 0 spiro atoms. The highest BCUT2D eigenvalue weighted by molar-refractivity contribution is 7.88. The van der Waals surface area contributed by atoms with E-state index in [9.17, 15) is 18.0 Å². The van der Waals surface area contributed by atoms with E-state index in [1.54, 1.807) is 17.0 Å². The lowest BCUT2D eigenvalue weighted by atomic mass is 10.2. The quantitative estimate of drug-likeness (QED) is 0.489. The molecular formula is C24H31N3O5S. The Balaban J connectivity index is 1.55. The van der Waals surface area contributed by atoms with Gasteiger partial charge in [0, 0.05) is 39.3 Å². The summed E-state index contributed by atoms with van der Waals surface area (Å²) in [7, 11) is -2.09. The summed E-state index contributed by atoms with van der Waals surface area (Å²) in [6, 6.07) is 18.9. The van der Waals surface area contributed by atoms with E-state index in [2.05, 4.69) is 0 Å². The summed E-state index contributed by atoms with van der Waals surface area (Å²) < 4.78 is 31.7. The van der Waals surface area contributed by atoms with Crippen LogP contribution >= 0.6 is 0 Å². The molecule has 8 nitrogen and oxygen atoms in total. The topological polar surface area (TPSA) is 87.2 Å². The number of carbonyl (C=O) groups is 2. The zero-order chi connectivity index (χ0) is 23.7. The van der Waals surface area contributed by atoms with Crippen LogP contribution in [0.5, 0.6) is 0 Å². The molecule has 0 bridgehead atoms. The summed E-state index contributed by atoms with van der Waals surface area (Å²) >= 11 is 0. The first-order valence-electron chi connectivity index (χ1n) is 11.0. The number of nitrogens with zero attached hydrogens (tertiary/aromatic N) is 3. The van der Waals surface area contributed by atoms with Gasteiger partial charge in [-0.05, 0) is 11.1 Å². The van der Waals surface area contributed by atoms with Gasteiger partial charge in [-0.2, -0.15) is 4.31 Å². The lowest BCUT2D eigenvalue weighted by Gasteiger charge is -2.35. The van der Waals surface area contributed by atoms with Crippen LogP contribution in [0.3, 0.4) is 0 Å². The monoisotopic (exact) mass is 473 g/mol. The van der Waals surface area contributed by atoms with E-state index in [4.69, 9.17) is 4.74 Å². The Morgan fingerprint density at radius 3 is 2.06 bits per heavy atom. The molecule has 9 heteroatoms. The van der Waals surface area contributed by atoms with Crippen LogP contribution in [0.15, 0.2) is 60.7 Å². The lowest BCUT2D eigenvalue weighted by molar-refractivity contribution is -0.142. The number of benzene rings is 2. The van der Waals surface area contributed by atoms with Gasteiger partial charge in [-0.15, -0.1) is 0 Å². The number of methoxy groups -OCH3 is 1. The van der Waals surface area contributed by atoms with Crippen LogP contribution in [-0.2, 0) is 36.6 Å². The van der Waals surface area contributed by atoms with Crippen molar-refractivity contribution in [3.05, 3.63) is 71.8 Å². The molecule has 0 aliphatic carbocycles. The Hall–Kier alpha value is -2.75. The standard InChI is InChI=1S/C24H31N3O5S/c1-32-24(29)12-13-25(18-21-8-4-2-5-9-21)19-23(28)26-14-16-27(17-15-26)33(30,31)20-22-10-6-3-7-11-22/h2-11H,12-20H2,1H3. The van der Waals surface area contributed by atoms with Crippen LogP contribution in [0.2, 0.25) is 0 Å². The third-order valence-corrected chi connectivity index (χ3v) is 7.49. The first kappa shape index (κ1) is 24.9. The predicted molar refractivity (Wildman–Crippen MR) is 126 cm³/mol. The number of esters is 1. The molecule has 0 aromatic heterocycles. The molecule has 33 heavy (non-hydrogen) atoms. The molecule has 1 heterocycles. The van der Waals surface area contributed by atoms with E-state index < -0.39 is 10.0 Å². The summed E-state index contributed by atoms with van der Waals surface area (Å²) in [5, 5.41) is 0. The first-order valence-corrected chi connectivity index (χ1v) is 12.6. The average Bonchev–Trinajstić information content (AvgIpc) is 2.83. The van der Waals surface area contributed by atoms with Gasteiger partial charge in [-0.3, -0.25) is 14.5 Å². The van der Waals surface area contributed by atoms with E-state index in [0.717, 1.165) is 11.1 Å². The Bertz CT molecular complexity index is 1010. The molecule has 3 rings (SSSR count). The molecule has 1 aliphatic rings. The van der Waals surface area contributed by atoms with Gasteiger partial charge in [0.2, 0.25) is 15.9 Å². The fourth-order valence-corrected chi connectivity index (χ4v) is 5.31. The first-order chi connectivity index (χ1) is 15.9. The van der Waals surface area contributed by atoms with Crippen LogP contribution in [0, 0.1) is 0 Å². The molecular weight excluding hydrogens is 442 g/mol. The largest absolute Gasteiger partial charge is 0.469 e. The van der Waals surface area contributed by atoms with Crippen molar-refractivity contribution in [2.75, 3.05) is 46.4 Å². The van der Waals surface area contributed by atoms with E-state index in [-0.39, 0.29) is 43.7 Å². The Morgan fingerprint density at radius 2 is 1.48 bits per heavy atom. The van der Waals surface area contributed by atoms with Crippen LogP contribution in [0.4, 0.5) is 0 Å². The smallest absolute Gasteiger partial charge is 0.306 e. The Morgan fingerprint density at radius 1 is 0.909 bits per heavy atom. The zero-order valence-electron chi connectivity index (χ0n) is 18.9. The van der Waals surface area contributed by atoms with Crippen molar-refractivity contribution in [3.8, 4) is 0 Å². The molecule has 0 radical (unpaired) electrons. The van der Waals surface area contributed by atoms with Gasteiger partial charge in [-0.1, -0.05) is 60.7 Å². The van der Waals surface area contributed by atoms with E-state index in [1.807, 2.05) is 53.4 Å². The summed E-state index contributed by atoms with van der Waals surface area (Å²) in [5.41, 5.74) is 1.80. The Kier molecular flexibility index (Phi) is 8.99. The third-order valence-electron chi connectivity index (χ3n) is 5.64. The molecule has 0 unspecified atom stereocenters. The molecule has 1 amide bonds. The fraction of sp³-hybridized carbons (Fsp3) is 0.417. The van der Waals surface area contributed by atoms with Gasteiger partial charge in [0.25, 0.3) is 0 Å². The van der Waals surface area contributed by atoms with Crippen LogP contribution in [-0.4, -0.2) is 80.8 Å². The number of carbonyl (C=O) groups excluding carboxylic acids is 2. The van der Waals surface area contributed by atoms with Crippen molar-refractivity contribution in [3.63, 3.8) is 0 Å². The number of amides is 1. The number of rotatable bonds is 10. The van der Waals surface area contributed by atoms with Crippen LogP contribution in [0.1, 0.15) is 17.5 Å². The molecule has 0 saturated carbocycles. The van der Waals surface area contributed by atoms with Crippen molar-refractivity contribution in [1.82, 2.24) is 14.1 Å². The second-order valence-electron chi connectivity index (χ2n) is 8.04. The lowest BCUT2D eigenvalue weighted by Crippen LogP contribution is -2.52. The van der Waals surface area contributed by atoms with Gasteiger partial charge in [0.1, 0.15) is 0 Å². The minimum atomic E-state index is -3.44. The zero-order valence-corrected chi connectivity index (χ0v) is 19.7. The molecule has 0 N–H and O–H groups in total. The number of hydrogen-bond donors (Lipinski definition) is 0. The Labute approximate surface area is 195 Å². The fourth-order valence-electron chi connectivity index (χ4n) is 3.79. The van der Waals surface area contributed by atoms with E-state index >= 15 is 0 Å². The highest BCUT2D eigenvalue weighted by Crippen LogP contribution is 2.14. The van der Waals surface area contributed by atoms with Gasteiger partial charge in [0.15, 0.2) is 0 Å². The molecule has 2 aromatic rings. The maximum atomic E-state index is 13.0. The van der Waals surface area contributed by atoms with Crippen LogP contribution < -0.4 is 0 Å². The number of hydrogen-bond acceptors (Lipinski definition) is 6. The van der Waals surface area contributed by atoms with Crippen LogP contribution in [0.25, 0.3) is 0 Å². The molecule has 0 atom stereocenters. The maximum absolute atomic E-state index is 13.0. The molecule has 2 aromatic carbocycles. The number of sulfonamides is 1.